The summed E-state index contributed by atoms with van der Waals surface area (Å²) in [4.78, 5) is 13.6. The largest absolute Gasteiger partial charge is 0.438 e. The Morgan fingerprint density at radius 2 is 1.91 bits per heavy atom. The van der Waals surface area contributed by atoms with Gasteiger partial charge < -0.3 is 9.84 Å². The number of hydrogen-bond donors (Lipinski definition) is 1. The quantitative estimate of drug-likeness (QED) is 0.840. The van der Waals surface area contributed by atoms with Gasteiger partial charge >= 0.3 is 6.09 Å². The number of cyclic esters (lactones) is 1. The molecule has 1 aliphatic rings. The maximum Gasteiger partial charge on any atom is 0.413 e. The minimum absolute atomic E-state index is 0.338. The van der Waals surface area contributed by atoms with E-state index in [1.54, 1.807) is 13.8 Å². The van der Waals surface area contributed by atoms with Gasteiger partial charge in [0.15, 0.2) is 11.3 Å². The van der Waals surface area contributed by atoms with Crippen molar-refractivity contribution in [1.82, 2.24) is 4.90 Å². The second-order valence-corrected chi connectivity index (χ2v) is 6.51. The first-order chi connectivity index (χ1) is 10.3. The molecule has 1 aromatic carbocycles. The van der Waals surface area contributed by atoms with Crippen LogP contribution in [-0.2, 0) is 11.3 Å². The molecule has 0 aromatic heterocycles. The van der Waals surface area contributed by atoms with Crippen molar-refractivity contribution >= 4 is 6.09 Å². The summed E-state index contributed by atoms with van der Waals surface area (Å²) in [6.45, 7) is 7.86. The van der Waals surface area contributed by atoms with Gasteiger partial charge in [-0.1, -0.05) is 42.0 Å². The SMILES string of the molecule is CC(C)=CCC[C@]1(C)OC(=O)N(Cc2ccccc2)[C@@]1(C)O. The van der Waals surface area contributed by atoms with E-state index in [9.17, 15) is 9.90 Å². The molecule has 2 atom stereocenters. The summed E-state index contributed by atoms with van der Waals surface area (Å²) in [5, 5.41) is 10.9. The van der Waals surface area contributed by atoms with Crippen LogP contribution in [0.3, 0.4) is 0 Å². The normalized spacial score (nSPS) is 27.7. The highest BCUT2D eigenvalue weighted by Crippen LogP contribution is 2.41. The van der Waals surface area contributed by atoms with Crippen molar-refractivity contribution in [1.29, 1.82) is 0 Å². The summed E-state index contributed by atoms with van der Waals surface area (Å²) < 4.78 is 5.54. The summed E-state index contributed by atoms with van der Waals surface area (Å²) in [5.41, 5.74) is -0.0674. The zero-order valence-electron chi connectivity index (χ0n) is 13.8. The Morgan fingerprint density at radius 3 is 2.50 bits per heavy atom. The molecule has 0 radical (unpaired) electrons. The molecule has 1 aromatic rings. The lowest BCUT2D eigenvalue weighted by atomic mass is 9.88. The molecule has 1 aliphatic heterocycles. The molecule has 0 saturated carbocycles. The van der Waals surface area contributed by atoms with Crippen molar-refractivity contribution in [3.8, 4) is 0 Å². The van der Waals surface area contributed by atoms with Gasteiger partial charge in [-0.25, -0.2) is 4.79 Å². The molecule has 0 bridgehead atoms. The van der Waals surface area contributed by atoms with E-state index in [1.807, 2.05) is 44.2 Å². The Hall–Kier alpha value is -1.81. The molecular formula is C18H25NO3. The minimum Gasteiger partial charge on any atom is -0.438 e. The van der Waals surface area contributed by atoms with Gasteiger partial charge in [0.25, 0.3) is 0 Å². The zero-order chi connectivity index (χ0) is 16.4. The van der Waals surface area contributed by atoms with E-state index >= 15 is 0 Å². The summed E-state index contributed by atoms with van der Waals surface area (Å²) in [5.74, 6) is 0. The van der Waals surface area contributed by atoms with Crippen LogP contribution in [0.25, 0.3) is 0 Å². The number of benzene rings is 1. The van der Waals surface area contributed by atoms with Gasteiger partial charge in [0, 0.05) is 0 Å². The zero-order valence-corrected chi connectivity index (χ0v) is 13.8. The van der Waals surface area contributed by atoms with Crippen molar-refractivity contribution in [3.05, 3.63) is 47.5 Å². The number of hydrogen-bond acceptors (Lipinski definition) is 3. The fraction of sp³-hybridized carbons (Fsp3) is 0.500. The molecule has 1 heterocycles. The average molecular weight is 303 g/mol. The first-order valence-electron chi connectivity index (χ1n) is 7.66. The Kier molecular flexibility index (Phi) is 4.61. The first-order valence-corrected chi connectivity index (χ1v) is 7.66. The first kappa shape index (κ1) is 16.6. The van der Waals surface area contributed by atoms with Gasteiger partial charge in [-0.3, -0.25) is 4.90 Å². The van der Waals surface area contributed by atoms with Gasteiger partial charge in [-0.05, 0) is 46.1 Å². The second kappa shape index (κ2) is 6.13. The van der Waals surface area contributed by atoms with Crippen LogP contribution >= 0.6 is 0 Å². The molecular weight excluding hydrogens is 278 g/mol. The van der Waals surface area contributed by atoms with E-state index in [4.69, 9.17) is 4.74 Å². The van der Waals surface area contributed by atoms with Gasteiger partial charge in [-0.2, -0.15) is 0 Å². The predicted molar refractivity (Wildman–Crippen MR) is 86.2 cm³/mol. The van der Waals surface area contributed by atoms with Crippen molar-refractivity contribution < 1.29 is 14.6 Å². The maximum atomic E-state index is 12.2. The van der Waals surface area contributed by atoms with Crippen LogP contribution in [0.5, 0.6) is 0 Å². The van der Waals surface area contributed by atoms with Crippen LogP contribution in [0.2, 0.25) is 0 Å². The van der Waals surface area contributed by atoms with Crippen molar-refractivity contribution in [2.45, 2.75) is 58.4 Å². The van der Waals surface area contributed by atoms with Crippen LogP contribution in [-0.4, -0.2) is 27.4 Å². The highest BCUT2D eigenvalue weighted by molar-refractivity contribution is 5.72. The van der Waals surface area contributed by atoms with Gasteiger partial charge in [-0.15, -0.1) is 0 Å². The third kappa shape index (κ3) is 3.17. The summed E-state index contributed by atoms with van der Waals surface area (Å²) >= 11 is 0. The van der Waals surface area contributed by atoms with Crippen LogP contribution in [0, 0.1) is 0 Å². The van der Waals surface area contributed by atoms with E-state index < -0.39 is 17.4 Å². The minimum atomic E-state index is -1.34. The van der Waals surface area contributed by atoms with Gasteiger partial charge in [0.05, 0.1) is 6.54 Å². The predicted octanol–water partition coefficient (Wildman–Crippen LogP) is 3.85. The number of carbonyl (C=O) groups is 1. The number of rotatable bonds is 5. The van der Waals surface area contributed by atoms with Crippen molar-refractivity contribution in [3.63, 3.8) is 0 Å². The lowest BCUT2D eigenvalue weighted by Gasteiger charge is -2.37. The molecule has 1 fully saturated rings. The Labute approximate surface area is 132 Å². The van der Waals surface area contributed by atoms with Crippen LogP contribution in [0.15, 0.2) is 42.0 Å². The molecule has 0 unspecified atom stereocenters. The Bertz CT molecular complexity index is 561. The van der Waals surface area contributed by atoms with Crippen LogP contribution in [0.4, 0.5) is 4.79 Å². The van der Waals surface area contributed by atoms with Gasteiger partial charge in [0.2, 0.25) is 0 Å². The molecule has 0 spiro atoms. The highest BCUT2D eigenvalue weighted by Gasteiger charge is 2.58. The van der Waals surface area contributed by atoms with E-state index in [0.717, 1.165) is 12.0 Å². The number of ether oxygens (including phenoxy) is 1. The van der Waals surface area contributed by atoms with Gasteiger partial charge in [0.1, 0.15) is 0 Å². The number of nitrogens with zero attached hydrogens (tertiary/aromatic N) is 1. The third-order valence-corrected chi connectivity index (χ3v) is 4.42. The van der Waals surface area contributed by atoms with Crippen molar-refractivity contribution in [2.75, 3.05) is 0 Å². The molecule has 1 amide bonds. The monoisotopic (exact) mass is 303 g/mol. The molecule has 120 valence electrons. The summed E-state index contributed by atoms with van der Waals surface area (Å²) in [6, 6.07) is 9.62. The molecule has 1 saturated heterocycles. The lowest BCUT2D eigenvalue weighted by Crippen LogP contribution is -2.54. The topological polar surface area (TPSA) is 49.8 Å². The standard InChI is InChI=1S/C18H25NO3/c1-14(2)9-8-12-17(3)18(4,21)19(16(20)22-17)13-15-10-6-5-7-11-15/h5-7,9-11,21H,8,12-13H2,1-4H3/t17-,18-/m0/s1. The molecule has 4 heteroatoms. The average Bonchev–Trinajstić information content (AvgIpc) is 2.60. The Balaban J connectivity index is 2.16. The molecule has 1 N–H and O–H groups in total. The fourth-order valence-corrected chi connectivity index (χ4v) is 2.72. The van der Waals surface area contributed by atoms with E-state index in [0.29, 0.717) is 13.0 Å². The number of allylic oxidation sites excluding steroid dienone is 2. The van der Waals surface area contributed by atoms with Crippen LogP contribution in [0.1, 0.15) is 46.1 Å². The number of carbonyl (C=O) groups excluding carboxylic acids is 1. The smallest absolute Gasteiger partial charge is 0.413 e. The van der Waals surface area contributed by atoms with E-state index in [2.05, 4.69) is 6.08 Å². The maximum absolute atomic E-state index is 12.2. The van der Waals surface area contributed by atoms with E-state index in [-0.39, 0.29) is 0 Å². The third-order valence-electron chi connectivity index (χ3n) is 4.42. The fourth-order valence-electron chi connectivity index (χ4n) is 2.72. The van der Waals surface area contributed by atoms with Crippen LogP contribution < -0.4 is 0 Å². The lowest BCUT2D eigenvalue weighted by molar-refractivity contribution is -0.141. The molecule has 4 nitrogen and oxygen atoms in total. The van der Waals surface area contributed by atoms with E-state index in [1.165, 1.54) is 10.5 Å². The molecule has 22 heavy (non-hydrogen) atoms. The summed E-state index contributed by atoms with van der Waals surface area (Å²) in [7, 11) is 0. The molecule has 2 rings (SSSR count). The second-order valence-electron chi connectivity index (χ2n) is 6.51. The van der Waals surface area contributed by atoms with Crippen molar-refractivity contribution in [2.24, 2.45) is 0 Å². The number of amides is 1. The number of aliphatic hydroxyl groups is 1. The molecule has 0 aliphatic carbocycles. The Morgan fingerprint density at radius 1 is 1.27 bits per heavy atom. The highest BCUT2D eigenvalue weighted by atomic mass is 16.6. The summed E-state index contributed by atoms with van der Waals surface area (Å²) in [6.07, 6.45) is 2.98.